The van der Waals surface area contributed by atoms with Gasteiger partial charge in [0, 0.05) is 19.7 Å². The van der Waals surface area contributed by atoms with E-state index in [0.717, 1.165) is 9.47 Å². The Kier molecular flexibility index (Phi) is 5.38. The molecule has 3 aromatic rings. The fourth-order valence-corrected chi connectivity index (χ4v) is 3.85. The zero-order valence-corrected chi connectivity index (χ0v) is 15.9. The molecule has 0 aliphatic rings. The summed E-state index contributed by atoms with van der Waals surface area (Å²) in [6.07, 6.45) is 0. The standard InChI is InChI=1S/C17H14F2N4O2S2/c1-11(24)23-14(13-9-6-10-26-13)20-21-16(23)27-17(18,19)15(25)22(2)12-7-4-3-5-8-12/h3-10H,1-2H3. The van der Waals surface area contributed by atoms with Gasteiger partial charge in [-0.25, -0.2) is 4.57 Å². The molecule has 140 valence electrons. The second-order valence-corrected chi connectivity index (χ2v) is 7.49. The second kappa shape index (κ2) is 7.57. The fraction of sp³-hybridized carbons (Fsp3) is 0.176. The lowest BCUT2D eigenvalue weighted by Crippen LogP contribution is -2.39. The number of nitrogens with zero attached hydrogens (tertiary/aromatic N) is 4. The van der Waals surface area contributed by atoms with Crippen LogP contribution in [0.2, 0.25) is 0 Å². The Bertz CT molecular complexity index is 959. The van der Waals surface area contributed by atoms with Crippen molar-refractivity contribution in [2.75, 3.05) is 11.9 Å². The van der Waals surface area contributed by atoms with E-state index in [2.05, 4.69) is 10.2 Å². The zero-order valence-electron chi connectivity index (χ0n) is 14.3. The van der Waals surface area contributed by atoms with Crippen LogP contribution in [0.4, 0.5) is 14.5 Å². The van der Waals surface area contributed by atoms with Crippen LogP contribution in [0, 0.1) is 0 Å². The summed E-state index contributed by atoms with van der Waals surface area (Å²) >= 11 is 1.20. The van der Waals surface area contributed by atoms with Gasteiger partial charge in [-0.2, -0.15) is 8.78 Å². The van der Waals surface area contributed by atoms with Gasteiger partial charge in [-0.15, -0.1) is 21.5 Å². The number of benzene rings is 1. The minimum atomic E-state index is -3.84. The molecule has 0 spiro atoms. The first-order chi connectivity index (χ1) is 12.8. The normalized spacial score (nSPS) is 11.4. The van der Waals surface area contributed by atoms with Gasteiger partial charge in [0.1, 0.15) is 0 Å². The third kappa shape index (κ3) is 3.91. The molecule has 0 atom stereocenters. The van der Waals surface area contributed by atoms with Gasteiger partial charge in [-0.05, 0) is 35.3 Å². The molecule has 0 bridgehead atoms. The average molecular weight is 408 g/mol. The van der Waals surface area contributed by atoms with Gasteiger partial charge in [0.15, 0.2) is 5.82 Å². The number of thioether (sulfide) groups is 1. The Balaban J connectivity index is 1.90. The number of carbonyl (C=O) groups excluding carboxylic acids is 2. The molecule has 0 radical (unpaired) electrons. The molecule has 0 aliphatic heterocycles. The third-order valence-corrected chi connectivity index (χ3v) is 5.35. The van der Waals surface area contributed by atoms with E-state index in [1.54, 1.807) is 47.8 Å². The van der Waals surface area contributed by atoms with Crippen LogP contribution in [0.5, 0.6) is 0 Å². The molecule has 1 amide bonds. The summed E-state index contributed by atoms with van der Waals surface area (Å²) in [4.78, 5) is 25.8. The fourth-order valence-electron chi connectivity index (χ4n) is 2.31. The number of anilines is 1. The molecule has 10 heteroatoms. The van der Waals surface area contributed by atoms with Gasteiger partial charge in [0.2, 0.25) is 11.1 Å². The summed E-state index contributed by atoms with van der Waals surface area (Å²) in [5.41, 5.74) is 0.329. The Morgan fingerprint density at radius 1 is 1.15 bits per heavy atom. The lowest BCUT2D eigenvalue weighted by molar-refractivity contribution is -0.131. The highest BCUT2D eigenvalue weighted by Crippen LogP contribution is 2.38. The van der Waals surface area contributed by atoms with Gasteiger partial charge < -0.3 is 4.90 Å². The second-order valence-electron chi connectivity index (χ2n) is 5.46. The first-order valence-corrected chi connectivity index (χ1v) is 9.41. The molecular weight excluding hydrogens is 394 g/mol. The highest BCUT2D eigenvalue weighted by atomic mass is 32.2. The summed E-state index contributed by atoms with van der Waals surface area (Å²) < 4.78 is 30.2. The lowest BCUT2D eigenvalue weighted by atomic mass is 10.3. The van der Waals surface area contributed by atoms with Crippen molar-refractivity contribution in [1.82, 2.24) is 14.8 Å². The number of rotatable bonds is 5. The van der Waals surface area contributed by atoms with E-state index in [9.17, 15) is 18.4 Å². The zero-order chi connectivity index (χ0) is 19.6. The molecule has 6 nitrogen and oxygen atoms in total. The molecule has 1 aromatic carbocycles. The van der Waals surface area contributed by atoms with Gasteiger partial charge >= 0.3 is 11.2 Å². The summed E-state index contributed by atoms with van der Waals surface area (Å²) in [5.74, 6) is -1.78. The van der Waals surface area contributed by atoms with Crippen LogP contribution in [-0.4, -0.2) is 38.9 Å². The van der Waals surface area contributed by atoms with Crippen LogP contribution >= 0.6 is 23.1 Å². The first kappa shape index (κ1) is 19.2. The number of carbonyl (C=O) groups is 2. The van der Waals surface area contributed by atoms with Crippen LogP contribution in [0.15, 0.2) is 53.0 Å². The van der Waals surface area contributed by atoms with Crippen molar-refractivity contribution in [2.24, 2.45) is 0 Å². The van der Waals surface area contributed by atoms with Gasteiger partial charge in [0.25, 0.3) is 0 Å². The number of thiophene rings is 1. The Hall–Kier alpha value is -2.59. The van der Waals surface area contributed by atoms with Crippen molar-refractivity contribution in [3.8, 4) is 10.7 Å². The van der Waals surface area contributed by atoms with E-state index in [1.165, 1.54) is 25.3 Å². The number of aromatic nitrogens is 3. The van der Waals surface area contributed by atoms with E-state index in [0.29, 0.717) is 10.6 Å². The van der Waals surface area contributed by atoms with Crippen LogP contribution in [0.3, 0.4) is 0 Å². The molecule has 0 fully saturated rings. The molecule has 2 heterocycles. The molecule has 0 N–H and O–H groups in total. The Morgan fingerprint density at radius 3 is 2.44 bits per heavy atom. The van der Waals surface area contributed by atoms with Crippen LogP contribution in [0.25, 0.3) is 10.7 Å². The van der Waals surface area contributed by atoms with Crippen LogP contribution in [-0.2, 0) is 4.79 Å². The smallest absolute Gasteiger partial charge is 0.309 e. The van der Waals surface area contributed by atoms with Crippen molar-refractivity contribution in [2.45, 2.75) is 17.3 Å². The van der Waals surface area contributed by atoms with E-state index in [-0.39, 0.29) is 22.7 Å². The van der Waals surface area contributed by atoms with Gasteiger partial charge in [-0.3, -0.25) is 9.59 Å². The van der Waals surface area contributed by atoms with Crippen molar-refractivity contribution >= 4 is 40.6 Å². The highest BCUT2D eigenvalue weighted by molar-refractivity contribution is 8.01. The minimum Gasteiger partial charge on any atom is -0.309 e. The quantitative estimate of drug-likeness (QED) is 0.597. The largest absolute Gasteiger partial charge is 0.378 e. The Labute approximate surface area is 161 Å². The van der Waals surface area contributed by atoms with Crippen molar-refractivity contribution in [1.29, 1.82) is 0 Å². The first-order valence-electron chi connectivity index (χ1n) is 7.71. The highest BCUT2D eigenvalue weighted by Gasteiger charge is 2.45. The van der Waals surface area contributed by atoms with Crippen molar-refractivity contribution in [3.05, 3.63) is 47.8 Å². The number of halogens is 2. The number of hydrogen-bond donors (Lipinski definition) is 0. The molecule has 0 aliphatic carbocycles. The summed E-state index contributed by atoms with van der Waals surface area (Å²) in [6, 6.07) is 11.6. The van der Waals surface area contributed by atoms with Crippen LogP contribution in [0.1, 0.15) is 11.7 Å². The third-order valence-electron chi connectivity index (χ3n) is 3.61. The molecule has 3 rings (SSSR count). The average Bonchev–Trinajstić information content (AvgIpc) is 3.30. The maximum atomic E-state index is 14.6. The van der Waals surface area contributed by atoms with Gasteiger partial charge in [-0.1, -0.05) is 24.3 Å². The molecule has 0 saturated carbocycles. The number of para-hydroxylation sites is 1. The van der Waals surface area contributed by atoms with E-state index in [1.807, 2.05) is 0 Å². The molecule has 27 heavy (non-hydrogen) atoms. The number of alkyl halides is 2. The van der Waals surface area contributed by atoms with Crippen LogP contribution < -0.4 is 4.90 Å². The summed E-state index contributed by atoms with van der Waals surface area (Å²) in [5, 5.41) is 5.15. The van der Waals surface area contributed by atoms with E-state index in [4.69, 9.17) is 0 Å². The minimum absolute atomic E-state index is 0.101. The summed E-state index contributed by atoms with van der Waals surface area (Å²) in [6.45, 7) is 1.22. The topological polar surface area (TPSA) is 68.1 Å². The van der Waals surface area contributed by atoms with Crippen molar-refractivity contribution < 1.29 is 18.4 Å². The maximum Gasteiger partial charge on any atom is 0.378 e. The van der Waals surface area contributed by atoms with Gasteiger partial charge in [0.05, 0.1) is 4.88 Å². The number of amides is 1. The summed E-state index contributed by atoms with van der Waals surface area (Å²) in [7, 11) is 1.26. The predicted molar refractivity (Wildman–Crippen MR) is 100 cm³/mol. The molecule has 2 aromatic heterocycles. The molecular formula is C17H14F2N4O2S2. The molecule has 0 saturated heterocycles. The monoisotopic (exact) mass is 408 g/mol. The lowest BCUT2D eigenvalue weighted by Gasteiger charge is -2.22. The van der Waals surface area contributed by atoms with E-state index < -0.39 is 17.1 Å². The van der Waals surface area contributed by atoms with E-state index >= 15 is 0 Å². The maximum absolute atomic E-state index is 14.6. The molecule has 0 unspecified atom stereocenters. The van der Waals surface area contributed by atoms with Crippen molar-refractivity contribution in [3.63, 3.8) is 0 Å². The SMILES string of the molecule is CC(=O)n1c(SC(F)(F)C(=O)N(C)c2ccccc2)nnc1-c1cccs1. The predicted octanol–water partition coefficient (Wildman–Crippen LogP) is 4.01. The Morgan fingerprint density at radius 2 is 1.85 bits per heavy atom. The number of hydrogen-bond acceptors (Lipinski definition) is 6.